The number of rotatable bonds is 2. The highest BCUT2D eigenvalue weighted by atomic mass is 16.3. The van der Waals surface area contributed by atoms with E-state index in [2.05, 4.69) is 28.1 Å². The summed E-state index contributed by atoms with van der Waals surface area (Å²) in [4.78, 5) is 21.6. The van der Waals surface area contributed by atoms with Gasteiger partial charge in [-0.2, -0.15) is 0 Å². The van der Waals surface area contributed by atoms with Crippen molar-refractivity contribution in [1.82, 2.24) is 14.8 Å². The van der Waals surface area contributed by atoms with Crippen molar-refractivity contribution in [2.75, 3.05) is 20.1 Å². The van der Waals surface area contributed by atoms with Gasteiger partial charge in [0.2, 0.25) is 5.91 Å². The lowest BCUT2D eigenvalue weighted by molar-refractivity contribution is -0.141. The summed E-state index contributed by atoms with van der Waals surface area (Å²) >= 11 is 0. The highest BCUT2D eigenvalue weighted by Crippen LogP contribution is 2.32. The minimum Gasteiger partial charge on any atom is -0.383 e. The number of hydrogen-bond donors (Lipinski definition) is 1. The summed E-state index contributed by atoms with van der Waals surface area (Å²) in [5.41, 5.74) is 3.43. The molecule has 2 aliphatic heterocycles. The Bertz CT molecular complexity index is 826. The standard InChI is InChI=1S/C22H27N3O2/c1-16-7-8-20(23-14-16)22(27)9-11-25(12-10-22)21(26)19-13-17-5-3-4-6-18(17)15-24(19)2/h3-8,14,19,27H,9-13,15H2,1-2H3. The Balaban J connectivity index is 1.44. The average Bonchev–Trinajstić information content (AvgIpc) is 2.68. The van der Waals surface area contributed by atoms with Crippen LogP contribution >= 0.6 is 0 Å². The number of likely N-dealkylation sites (N-methyl/N-ethyl adjacent to an activating group) is 1. The number of nitrogens with zero attached hydrogens (tertiary/aromatic N) is 3. The van der Waals surface area contributed by atoms with Crippen LogP contribution < -0.4 is 0 Å². The predicted octanol–water partition coefficient (Wildman–Crippen LogP) is 2.26. The quantitative estimate of drug-likeness (QED) is 0.887. The molecule has 142 valence electrons. The zero-order valence-electron chi connectivity index (χ0n) is 16.1. The molecule has 0 aliphatic carbocycles. The van der Waals surface area contributed by atoms with E-state index in [0.717, 1.165) is 18.5 Å². The zero-order valence-corrected chi connectivity index (χ0v) is 16.1. The van der Waals surface area contributed by atoms with Crippen molar-refractivity contribution >= 4 is 5.91 Å². The van der Waals surface area contributed by atoms with Gasteiger partial charge in [-0.1, -0.05) is 30.3 Å². The van der Waals surface area contributed by atoms with Crippen LogP contribution in [-0.4, -0.2) is 52.0 Å². The largest absolute Gasteiger partial charge is 0.383 e. The number of aryl methyl sites for hydroxylation is 1. The number of hydrogen-bond acceptors (Lipinski definition) is 4. The second-order valence-electron chi connectivity index (χ2n) is 7.98. The molecule has 1 amide bonds. The summed E-state index contributed by atoms with van der Waals surface area (Å²) in [6.45, 7) is 3.92. The van der Waals surface area contributed by atoms with Crippen molar-refractivity contribution in [3.63, 3.8) is 0 Å². The van der Waals surface area contributed by atoms with E-state index in [1.807, 2.05) is 37.1 Å². The lowest BCUT2D eigenvalue weighted by atomic mass is 9.86. The SMILES string of the molecule is Cc1ccc(C2(O)CCN(C(=O)C3Cc4ccccc4CN3C)CC2)nc1. The van der Waals surface area contributed by atoms with E-state index < -0.39 is 5.60 Å². The summed E-state index contributed by atoms with van der Waals surface area (Å²) in [5, 5.41) is 11.0. The minimum atomic E-state index is -0.935. The fourth-order valence-electron chi connectivity index (χ4n) is 4.24. The molecule has 27 heavy (non-hydrogen) atoms. The lowest BCUT2D eigenvalue weighted by Gasteiger charge is -2.41. The molecule has 5 heteroatoms. The fourth-order valence-corrected chi connectivity index (χ4v) is 4.24. The van der Waals surface area contributed by atoms with Gasteiger partial charge in [0, 0.05) is 25.8 Å². The first-order chi connectivity index (χ1) is 13.0. The molecular formula is C22H27N3O2. The fraction of sp³-hybridized carbons (Fsp3) is 0.455. The highest BCUT2D eigenvalue weighted by Gasteiger charge is 2.39. The number of fused-ring (bicyclic) bond motifs is 1. The number of carbonyl (C=O) groups excluding carboxylic acids is 1. The second-order valence-corrected chi connectivity index (χ2v) is 7.98. The van der Waals surface area contributed by atoms with Gasteiger partial charge < -0.3 is 10.0 Å². The number of likely N-dealkylation sites (tertiary alicyclic amines) is 1. The highest BCUT2D eigenvalue weighted by molar-refractivity contribution is 5.82. The van der Waals surface area contributed by atoms with Gasteiger partial charge in [-0.05, 0) is 56.0 Å². The molecule has 0 radical (unpaired) electrons. The number of aromatic nitrogens is 1. The minimum absolute atomic E-state index is 0.122. The third-order valence-corrected chi connectivity index (χ3v) is 6.06. The summed E-state index contributed by atoms with van der Waals surface area (Å²) in [7, 11) is 2.02. The third-order valence-electron chi connectivity index (χ3n) is 6.06. The maximum atomic E-state index is 13.2. The molecule has 0 saturated carbocycles. The molecule has 2 aromatic rings. The maximum absolute atomic E-state index is 13.2. The Kier molecular flexibility index (Phi) is 4.74. The summed E-state index contributed by atoms with van der Waals surface area (Å²) in [6.07, 6.45) is 3.61. The molecule has 0 spiro atoms. The maximum Gasteiger partial charge on any atom is 0.240 e. The normalized spacial score (nSPS) is 22.3. The van der Waals surface area contributed by atoms with Crippen LogP contribution in [0.3, 0.4) is 0 Å². The molecule has 1 unspecified atom stereocenters. The van der Waals surface area contributed by atoms with E-state index in [0.29, 0.717) is 31.6 Å². The molecule has 1 aromatic carbocycles. The Morgan fingerprint density at radius 3 is 2.52 bits per heavy atom. The van der Waals surface area contributed by atoms with Crippen LogP contribution in [0, 0.1) is 6.92 Å². The number of piperidine rings is 1. The van der Waals surface area contributed by atoms with Gasteiger partial charge in [-0.3, -0.25) is 14.7 Å². The molecule has 4 rings (SSSR count). The van der Waals surface area contributed by atoms with Gasteiger partial charge in [0.25, 0.3) is 0 Å². The zero-order chi connectivity index (χ0) is 19.0. The molecule has 1 fully saturated rings. The van der Waals surface area contributed by atoms with Crippen molar-refractivity contribution in [2.24, 2.45) is 0 Å². The number of carbonyl (C=O) groups is 1. The van der Waals surface area contributed by atoms with Crippen molar-refractivity contribution in [3.05, 3.63) is 65.0 Å². The monoisotopic (exact) mass is 365 g/mol. The molecule has 1 saturated heterocycles. The van der Waals surface area contributed by atoms with Gasteiger partial charge >= 0.3 is 0 Å². The van der Waals surface area contributed by atoms with Crippen molar-refractivity contribution in [2.45, 2.75) is 44.4 Å². The van der Waals surface area contributed by atoms with Crippen LogP contribution in [0.15, 0.2) is 42.6 Å². The smallest absolute Gasteiger partial charge is 0.240 e. The van der Waals surface area contributed by atoms with Gasteiger partial charge in [0.05, 0.1) is 11.7 Å². The van der Waals surface area contributed by atoms with E-state index >= 15 is 0 Å². The molecule has 3 heterocycles. The Hall–Kier alpha value is -2.24. The van der Waals surface area contributed by atoms with Crippen LogP contribution in [0.1, 0.15) is 35.2 Å². The molecule has 2 aliphatic rings. The van der Waals surface area contributed by atoms with Crippen molar-refractivity contribution in [3.8, 4) is 0 Å². The van der Waals surface area contributed by atoms with E-state index in [4.69, 9.17) is 0 Å². The van der Waals surface area contributed by atoms with Gasteiger partial charge in [-0.25, -0.2) is 0 Å². The molecule has 5 nitrogen and oxygen atoms in total. The number of aliphatic hydroxyl groups is 1. The van der Waals surface area contributed by atoms with E-state index in [1.54, 1.807) is 6.20 Å². The van der Waals surface area contributed by atoms with Crippen molar-refractivity contribution < 1.29 is 9.90 Å². The van der Waals surface area contributed by atoms with Crippen LogP contribution in [0.2, 0.25) is 0 Å². The van der Waals surface area contributed by atoms with E-state index in [1.165, 1.54) is 11.1 Å². The van der Waals surface area contributed by atoms with Crippen LogP contribution in [0.4, 0.5) is 0 Å². The summed E-state index contributed by atoms with van der Waals surface area (Å²) in [6, 6.07) is 12.1. The topological polar surface area (TPSA) is 56.7 Å². The molecule has 1 N–H and O–H groups in total. The summed E-state index contributed by atoms with van der Waals surface area (Å²) < 4.78 is 0. The Morgan fingerprint density at radius 2 is 1.85 bits per heavy atom. The van der Waals surface area contributed by atoms with E-state index in [9.17, 15) is 9.90 Å². The van der Waals surface area contributed by atoms with Gasteiger partial charge in [-0.15, -0.1) is 0 Å². The third kappa shape index (κ3) is 3.49. The van der Waals surface area contributed by atoms with Crippen LogP contribution in [0.5, 0.6) is 0 Å². The van der Waals surface area contributed by atoms with Crippen LogP contribution in [-0.2, 0) is 23.4 Å². The Morgan fingerprint density at radius 1 is 1.15 bits per heavy atom. The second kappa shape index (κ2) is 7.06. The first-order valence-electron chi connectivity index (χ1n) is 9.68. The number of amides is 1. The molecule has 1 atom stereocenters. The predicted molar refractivity (Wildman–Crippen MR) is 104 cm³/mol. The average molecular weight is 365 g/mol. The molecular weight excluding hydrogens is 338 g/mol. The first kappa shape index (κ1) is 18.1. The van der Waals surface area contributed by atoms with E-state index in [-0.39, 0.29) is 11.9 Å². The van der Waals surface area contributed by atoms with Gasteiger partial charge in [0.15, 0.2) is 0 Å². The van der Waals surface area contributed by atoms with Crippen molar-refractivity contribution in [1.29, 1.82) is 0 Å². The van der Waals surface area contributed by atoms with Gasteiger partial charge in [0.1, 0.15) is 5.60 Å². The number of benzene rings is 1. The van der Waals surface area contributed by atoms with Crippen LogP contribution in [0.25, 0.3) is 0 Å². The lowest BCUT2D eigenvalue weighted by Crippen LogP contribution is -2.54. The molecule has 1 aromatic heterocycles. The number of pyridine rings is 1. The molecule has 0 bridgehead atoms. The summed E-state index contributed by atoms with van der Waals surface area (Å²) in [5.74, 6) is 0.172. The Labute approximate surface area is 160 Å². The first-order valence-corrected chi connectivity index (χ1v) is 9.68.